The Morgan fingerprint density at radius 2 is 2.06 bits per heavy atom. The zero-order chi connectivity index (χ0) is 11.4. The van der Waals surface area contributed by atoms with Gasteiger partial charge in [-0.2, -0.15) is 11.8 Å². The molecule has 0 radical (unpaired) electrons. The topological polar surface area (TPSA) is 20.3 Å². The van der Waals surface area contributed by atoms with Crippen molar-refractivity contribution < 1.29 is 4.79 Å². The molecule has 1 atom stereocenters. The summed E-state index contributed by atoms with van der Waals surface area (Å²) in [5.41, 5.74) is 0. The number of amides is 1. The van der Waals surface area contributed by atoms with Gasteiger partial charge in [-0.05, 0) is 25.0 Å². The van der Waals surface area contributed by atoms with E-state index < -0.39 is 0 Å². The average molecular weight is 262 g/mol. The number of alkyl halides is 1. The van der Waals surface area contributed by atoms with Gasteiger partial charge in [-0.3, -0.25) is 4.79 Å². The molecule has 0 aromatic heterocycles. The monoisotopic (exact) mass is 261 g/mol. The Bertz CT molecular complexity index is 237. The third-order valence-corrected chi connectivity index (χ3v) is 4.98. The van der Waals surface area contributed by atoms with Crippen molar-refractivity contribution in [1.82, 2.24) is 4.90 Å². The van der Waals surface area contributed by atoms with Crippen LogP contribution >= 0.6 is 23.4 Å². The molecule has 4 heteroatoms. The van der Waals surface area contributed by atoms with E-state index in [1.807, 2.05) is 11.8 Å². The fourth-order valence-electron chi connectivity index (χ4n) is 2.74. The van der Waals surface area contributed by atoms with Gasteiger partial charge in [-0.1, -0.05) is 12.8 Å². The number of thioether (sulfide) groups is 1. The first-order chi connectivity index (χ1) is 7.83. The van der Waals surface area contributed by atoms with Crippen LogP contribution in [-0.2, 0) is 4.79 Å². The maximum Gasteiger partial charge on any atom is 0.226 e. The SMILES string of the molecule is O=C(C1CCSC1)N(CCCl)C1CCCC1. The Labute approximate surface area is 107 Å². The standard InChI is InChI=1S/C12H20ClNOS/c13-6-7-14(11-3-1-2-4-11)12(15)10-5-8-16-9-10/h10-11H,1-9H2. The van der Waals surface area contributed by atoms with Gasteiger partial charge in [0.15, 0.2) is 0 Å². The number of halogens is 1. The molecule has 2 rings (SSSR count). The van der Waals surface area contributed by atoms with Gasteiger partial charge < -0.3 is 4.90 Å². The summed E-state index contributed by atoms with van der Waals surface area (Å²) in [6.07, 6.45) is 5.98. The van der Waals surface area contributed by atoms with Crippen LogP contribution in [0.5, 0.6) is 0 Å². The zero-order valence-corrected chi connectivity index (χ0v) is 11.2. The molecule has 0 aromatic rings. The van der Waals surface area contributed by atoms with Gasteiger partial charge in [-0.15, -0.1) is 11.6 Å². The summed E-state index contributed by atoms with van der Waals surface area (Å²) in [4.78, 5) is 14.5. The van der Waals surface area contributed by atoms with Gasteiger partial charge in [-0.25, -0.2) is 0 Å². The molecule has 0 spiro atoms. The number of nitrogens with zero attached hydrogens (tertiary/aromatic N) is 1. The fourth-order valence-corrected chi connectivity index (χ4v) is 4.14. The average Bonchev–Trinajstić information content (AvgIpc) is 2.96. The molecule has 92 valence electrons. The molecule has 2 fully saturated rings. The van der Waals surface area contributed by atoms with Gasteiger partial charge in [0.1, 0.15) is 0 Å². The summed E-state index contributed by atoms with van der Waals surface area (Å²) < 4.78 is 0. The highest BCUT2D eigenvalue weighted by Gasteiger charge is 2.32. The van der Waals surface area contributed by atoms with E-state index in [1.165, 1.54) is 25.7 Å². The summed E-state index contributed by atoms with van der Waals surface area (Å²) in [5.74, 6) is 3.38. The molecule has 2 nitrogen and oxygen atoms in total. The van der Waals surface area contributed by atoms with E-state index in [0.717, 1.165) is 24.5 Å². The van der Waals surface area contributed by atoms with E-state index in [1.54, 1.807) is 0 Å². The van der Waals surface area contributed by atoms with E-state index in [0.29, 0.717) is 17.8 Å². The summed E-state index contributed by atoms with van der Waals surface area (Å²) >= 11 is 7.73. The summed E-state index contributed by atoms with van der Waals surface area (Å²) in [7, 11) is 0. The molecule has 16 heavy (non-hydrogen) atoms. The van der Waals surface area contributed by atoms with Crippen LogP contribution in [0.3, 0.4) is 0 Å². The molecule has 1 aliphatic carbocycles. The second-order valence-electron chi connectivity index (χ2n) is 4.72. The van der Waals surface area contributed by atoms with Crippen LogP contribution < -0.4 is 0 Å². The molecule has 1 aliphatic heterocycles. The van der Waals surface area contributed by atoms with Crippen LogP contribution in [0.15, 0.2) is 0 Å². The number of carbonyl (C=O) groups excluding carboxylic acids is 1. The van der Waals surface area contributed by atoms with E-state index in [4.69, 9.17) is 11.6 Å². The summed E-state index contributed by atoms with van der Waals surface area (Å²) in [6.45, 7) is 0.742. The minimum absolute atomic E-state index is 0.272. The molecule has 1 saturated carbocycles. The van der Waals surface area contributed by atoms with Crippen LogP contribution in [0.4, 0.5) is 0 Å². The number of hydrogen-bond acceptors (Lipinski definition) is 2. The highest BCUT2D eigenvalue weighted by atomic mass is 35.5. The van der Waals surface area contributed by atoms with Gasteiger partial charge in [0, 0.05) is 30.1 Å². The number of rotatable bonds is 4. The van der Waals surface area contributed by atoms with Crippen LogP contribution in [0.2, 0.25) is 0 Å². The van der Waals surface area contributed by atoms with Crippen LogP contribution in [-0.4, -0.2) is 40.8 Å². The Morgan fingerprint density at radius 3 is 2.62 bits per heavy atom. The van der Waals surface area contributed by atoms with Crippen molar-refractivity contribution in [1.29, 1.82) is 0 Å². The minimum Gasteiger partial charge on any atom is -0.338 e. The van der Waals surface area contributed by atoms with Crippen LogP contribution in [0.25, 0.3) is 0 Å². The normalized spacial score (nSPS) is 26.2. The lowest BCUT2D eigenvalue weighted by atomic mass is 10.1. The first-order valence-corrected chi connectivity index (χ1v) is 7.96. The lowest BCUT2D eigenvalue weighted by molar-refractivity contribution is -0.136. The highest BCUT2D eigenvalue weighted by molar-refractivity contribution is 7.99. The number of hydrogen-bond donors (Lipinski definition) is 0. The van der Waals surface area contributed by atoms with Crippen molar-refractivity contribution in [2.24, 2.45) is 5.92 Å². The first-order valence-electron chi connectivity index (χ1n) is 6.27. The van der Waals surface area contributed by atoms with Crippen molar-refractivity contribution in [3.05, 3.63) is 0 Å². The van der Waals surface area contributed by atoms with Gasteiger partial charge >= 0.3 is 0 Å². The lowest BCUT2D eigenvalue weighted by Crippen LogP contribution is -2.43. The molecule has 0 N–H and O–H groups in total. The maximum absolute atomic E-state index is 12.4. The van der Waals surface area contributed by atoms with E-state index in [-0.39, 0.29) is 5.92 Å². The van der Waals surface area contributed by atoms with Gasteiger partial charge in [0.25, 0.3) is 0 Å². The van der Waals surface area contributed by atoms with Gasteiger partial charge in [0.2, 0.25) is 5.91 Å². The highest BCUT2D eigenvalue weighted by Crippen LogP contribution is 2.29. The van der Waals surface area contributed by atoms with Crippen molar-refractivity contribution in [3.63, 3.8) is 0 Å². The molecule has 1 unspecified atom stereocenters. The Balaban J connectivity index is 1.96. The smallest absolute Gasteiger partial charge is 0.226 e. The van der Waals surface area contributed by atoms with Crippen LogP contribution in [0, 0.1) is 5.92 Å². The predicted octanol–water partition coefficient (Wildman–Crippen LogP) is 2.75. The number of carbonyl (C=O) groups is 1. The molecule has 0 aromatic carbocycles. The van der Waals surface area contributed by atoms with Crippen molar-refractivity contribution in [2.75, 3.05) is 23.9 Å². The van der Waals surface area contributed by atoms with Crippen LogP contribution in [0.1, 0.15) is 32.1 Å². The quantitative estimate of drug-likeness (QED) is 0.726. The molecule has 1 amide bonds. The zero-order valence-electron chi connectivity index (χ0n) is 9.66. The molecular weight excluding hydrogens is 242 g/mol. The minimum atomic E-state index is 0.272. The summed E-state index contributed by atoms with van der Waals surface area (Å²) in [5, 5.41) is 0. The molecular formula is C12H20ClNOS. The van der Waals surface area contributed by atoms with Crippen molar-refractivity contribution in [2.45, 2.75) is 38.1 Å². The van der Waals surface area contributed by atoms with E-state index in [2.05, 4.69) is 4.90 Å². The summed E-state index contributed by atoms with van der Waals surface area (Å²) in [6, 6.07) is 0.483. The van der Waals surface area contributed by atoms with Crippen molar-refractivity contribution in [3.8, 4) is 0 Å². The Kier molecular flexibility index (Phi) is 4.83. The molecule has 1 heterocycles. The molecule has 1 saturated heterocycles. The Morgan fingerprint density at radius 1 is 1.31 bits per heavy atom. The molecule has 0 bridgehead atoms. The third-order valence-electron chi connectivity index (χ3n) is 3.65. The maximum atomic E-state index is 12.4. The van der Waals surface area contributed by atoms with E-state index >= 15 is 0 Å². The second-order valence-corrected chi connectivity index (χ2v) is 6.25. The fraction of sp³-hybridized carbons (Fsp3) is 0.917. The molecule has 2 aliphatic rings. The lowest BCUT2D eigenvalue weighted by Gasteiger charge is -2.30. The predicted molar refractivity (Wildman–Crippen MR) is 70.1 cm³/mol. The van der Waals surface area contributed by atoms with Crippen molar-refractivity contribution >= 4 is 29.3 Å². The first kappa shape index (κ1) is 12.6. The Hall–Kier alpha value is 0.110. The second kappa shape index (κ2) is 6.15. The third kappa shape index (κ3) is 2.86. The largest absolute Gasteiger partial charge is 0.338 e. The van der Waals surface area contributed by atoms with Gasteiger partial charge in [0.05, 0.1) is 0 Å². The van der Waals surface area contributed by atoms with E-state index in [9.17, 15) is 4.79 Å².